The van der Waals surface area contributed by atoms with Crippen molar-refractivity contribution >= 4 is 43.8 Å². The van der Waals surface area contributed by atoms with E-state index in [0.29, 0.717) is 22.2 Å². The normalized spacial score (nSPS) is 11.6. The van der Waals surface area contributed by atoms with Crippen molar-refractivity contribution in [2.45, 2.75) is 31.6 Å². The number of para-hydroxylation sites is 1. The highest BCUT2D eigenvalue weighted by Crippen LogP contribution is 2.32. The zero-order valence-corrected chi connectivity index (χ0v) is 18.7. The van der Waals surface area contributed by atoms with E-state index in [2.05, 4.69) is 0 Å². The summed E-state index contributed by atoms with van der Waals surface area (Å²) in [5.41, 5.74) is 2.16. The highest BCUT2D eigenvalue weighted by Gasteiger charge is 2.29. The fraction of sp³-hybridized carbons (Fsp3) is 0.273. The number of methoxy groups -OCH3 is 1. The monoisotopic (exact) mass is 445 g/mol. The van der Waals surface area contributed by atoms with Crippen molar-refractivity contribution in [1.82, 2.24) is 3.97 Å². The molecule has 2 aromatic carbocycles. The number of ether oxygens (including phenoxy) is 1. The van der Waals surface area contributed by atoms with Gasteiger partial charge in [0.1, 0.15) is 0 Å². The standard InChI is InChI=1S/C22H23NO5S2/c1-4-29-22(25)13-18-17-7-5-6-8-19(17)23(20(18)14-21(24)28-3)30(26,27)16-11-9-15(2)10-12-16/h5-12H,4,13-14H2,1-3H3. The van der Waals surface area contributed by atoms with Crippen molar-refractivity contribution in [3.63, 3.8) is 0 Å². The van der Waals surface area contributed by atoms with Gasteiger partial charge in [0.15, 0.2) is 5.12 Å². The predicted molar refractivity (Wildman–Crippen MR) is 118 cm³/mol. The number of hydrogen-bond acceptors (Lipinski definition) is 6. The number of aryl methyl sites for hydroxylation is 1. The molecule has 0 aliphatic rings. The van der Waals surface area contributed by atoms with Crippen LogP contribution in [0.5, 0.6) is 0 Å². The van der Waals surface area contributed by atoms with Crippen LogP contribution in [-0.2, 0) is 37.2 Å². The highest BCUT2D eigenvalue weighted by atomic mass is 32.2. The van der Waals surface area contributed by atoms with Crippen LogP contribution in [0.3, 0.4) is 0 Å². The number of nitrogens with zero attached hydrogens (tertiary/aromatic N) is 1. The van der Waals surface area contributed by atoms with Crippen LogP contribution in [0.15, 0.2) is 53.4 Å². The minimum atomic E-state index is -4.00. The van der Waals surface area contributed by atoms with Crippen LogP contribution >= 0.6 is 11.8 Å². The van der Waals surface area contributed by atoms with Crippen LogP contribution in [0, 0.1) is 6.92 Å². The minimum absolute atomic E-state index is 0.0295. The second kappa shape index (κ2) is 9.06. The maximum atomic E-state index is 13.6. The van der Waals surface area contributed by atoms with Gasteiger partial charge in [-0.05, 0) is 36.4 Å². The lowest BCUT2D eigenvalue weighted by molar-refractivity contribution is -0.139. The van der Waals surface area contributed by atoms with Crippen molar-refractivity contribution in [2.24, 2.45) is 0 Å². The number of carbonyl (C=O) groups excluding carboxylic acids is 2. The molecule has 3 rings (SSSR count). The van der Waals surface area contributed by atoms with Gasteiger partial charge in [0, 0.05) is 11.8 Å². The van der Waals surface area contributed by atoms with Crippen molar-refractivity contribution in [2.75, 3.05) is 12.9 Å². The van der Waals surface area contributed by atoms with Crippen LogP contribution in [0.1, 0.15) is 23.7 Å². The summed E-state index contributed by atoms with van der Waals surface area (Å²) in [6.45, 7) is 3.75. The van der Waals surface area contributed by atoms with E-state index >= 15 is 0 Å². The van der Waals surface area contributed by atoms with Gasteiger partial charge >= 0.3 is 5.97 Å². The smallest absolute Gasteiger partial charge is 0.311 e. The predicted octanol–water partition coefficient (Wildman–Crippen LogP) is 3.72. The maximum Gasteiger partial charge on any atom is 0.311 e. The lowest BCUT2D eigenvalue weighted by Gasteiger charge is -2.13. The van der Waals surface area contributed by atoms with Gasteiger partial charge in [0.2, 0.25) is 0 Å². The summed E-state index contributed by atoms with van der Waals surface area (Å²) in [5, 5.41) is 0.552. The Labute approximate surface area is 180 Å². The third-order valence-electron chi connectivity index (χ3n) is 4.77. The summed E-state index contributed by atoms with van der Waals surface area (Å²) in [5.74, 6) is 0.0425. The Morgan fingerprint density at radius 3 is 2.33 bits per heavy atom. The molecule has 1 heterocycles. The Kier molecular flexibility index (Phi) is 6.67. The van der Waals surface area contributed by atoms with E-state index in [9.17, 15) is 18.0 Å². The van der Waals surface area contributed by atoms with E-state index in [1.807, 2.05) is 13.8 Å². The van der Waals surface area contributed by atoms with E-state index in [4.69, 9.17) is 4.74 Å². The van der Waals surface area contributed by atoms with Crippen molar-refractivity contribution in [3.05, 3.63) is 65.4 Å². The number of aromatic nitrogens is 1. The average Bonchev–Trinajstić information content (AvgIpc) is 3.02. The van der Waals surface area contributed by atoms with Gasteiger partial charge in [-0.15, -0.1) is 0 Å². The molecule has 0 amide bonds. The second-order valence-electron chi connectivity index (χ2n) is 6.76. The maximum absolute atomic E-state index is 13.6. The fourth-order valence-corrected chi connectivity index (χ4v) is 5.50. The molecule has 6 nitrogen and oxygen atoms in total. The first-order valence-corrected chi connectivity index (χ1v) is 11.9. The first-order chi connectivity index (χ1) is 14.3. The number of carbonyl (C=O) groups is 2. The SMILES string of the molecule is CCSC(=O)Cc1c(CC(=O)OC)n(S(=O)(=O)c2ccc(C)cc2)c2ccccc12. The highest BCUT2D eigenvalue weighted by molar-refractivity contribution is 8.13. The zero-order chi connectivity index (χ0) is 21.9. The molecule has 0 saturated carbocycles. The molecule has 158 valence electrons. The largest absolute Gasteiger partial charge is 0.469 e. The Hall–Kier alpha value is -2.58. The number of esters is 1. The van der Waals surface area contributed by atoms with Crippen LogP contribution in [0.25, 0.3) is 10.9 Å². The average molecular weight is 446 g/mol. The first kappa shape index (κ1) is 22.1. The Balaban J connectivity index is 2.31. The Bertz CT molecular complexity index is 1190. The lowest BCUT2D eigenvalue weighted by Crippen LogP contribution is -2.19. The quantitative estimate of drug-likeness (QED) is 0.516. The van der Waals surface area contributed by atoms with Crippen molar-refractivity contribution in [1.29, 1.82) is 0 Å². The number of benzene rings is 2. The molecule has 0 unspecified atom stereocenters. The summed E-state index contributed by atoms with van der Waals surface area (Å²) in [4.78, 5) is 24.7. The van der Waals surface area contributed by atoms with Gasteiger partial charge in [-0.25, -0.2) is 12.4 Å². The van der Waals surface area contributed by atoms with Crippen LogP contribution in [0.2, 0.25) is 0 Å². The van der Waals surface area contributed by atoms with E-state index in [0.717, 1.165) is 5.56 Å². The van der Waals surface area contributed by atoms with Crippen molar-refractivity contribution < 1.29 is 22.7 Å². The first-order valence-electron chi connectivity index (χ1n) is 9.45. The molecule has 0 saturated heterocycles. The van der Waals surface area contributed by atoms with Crippen LogP contribution in [0.4, 0.5) is 0 Å². The molecule has 0 spiro atoms. The lowest BCUT2D eigenvalue weighted by atomic mass is 10.1. The summed E-state index contributed by atoms with van der Waals surface area (Å²) in [6, 6.07) is 13.5. The molecule has 0 N–H and O–H groups in total. The number of rotatable bonds is 7. The Morgan fingerprint density at radius 1 is 1.03 bits per heavy atom. The van der Waals surface area contributed by atoms with Gasteiger partial charge in [0.05, 0.1) is 29.6 Å². The molecule has 30 heavy (non-hydrogen) atoms. The number of fused-ring (bicyclic) bond motifs is 1. The van der Waals surface area contributed by atoms with Gasteiger partial charge in [0.25, 0.3) is 10.0 Å². The molecule has 1 aromatic heterocycles. The van der Waals surface area contributed by atoms with Crippen LogP contribution in [-0.4, -0.2) is 36.3 Å². The Morgan fingerprint density at radius 2 is 1.70 bits per heavy atom. The number of thioether (sulfide) groups is 1. The summed E-state index contributed by atoms with van der Waals surface area (Å²) in [7, 11) is -2.75. The molecule has 3 aromatic rings. The topological polar surface area (TPSA) is 82.4 Å². The molecule has 0 fully saturated rings. The van der Waals surface area contributed by atoms with E-state index < -0.39 is 16.0 Å². The third kappa shape index (κ3) is 4.29. The van der Waals surface area contributed by atoms with Crippen molar-refractivity contribution in [3.8, 4) is 0 Å². The molecular weight excluding hydrogens is 422 g/mol. The molecular formula is C22H23NO5S2. The molecule has 0 aliphatic carbocycles. The molecule has 8 heteroatoms. The van der Waals surface area contributed by atoms with Gasteiger partial charge < -0.3 is 4.74 Å². The second-order valence-corrected chi connectivity index (χ2v) is 9.87. The molecule has 0 bridgehead atoms. The summed E-state index contributed by atoms with van der Waals surface area (Å²) >= 11 is 1.17. The van der Waals surface area contributed by atoms with E-state index in [1.165, 1.54) is 22.8 Å². The van der Waals surface area contributed by atoms with E-state index in [1.54, 1.807) is 48.5 Å². The van der Waals surface area contributed by atoms with Gasteiger partial charge in [-0.1, -0.05) is 54.6 Å². The third-order valence-corrected chi connectivity index (χ3v) is 7.29. The summed E-state index contributed by atoms with van der Waals surface area (Å²) < 4.78 is 33.2. The fourth-order valence-electron chi connectivity index (χ4n) is 3.36. The molecule has 0 radical (unpaired) electrons. The number of hydrogen-bond donors (Lipinski definition) is 0. The van der Waals surface area contributed by atoms with Gasteiger partial charge in [-0.2, -0.15) is 0 Å². The van der Waals surface area contributed by atoms with E-state index in [-0.39, 0.29) is 28.5 Å². The summed E-state index contributed by atoms with van der Waals surface area (Å²) in [6.07, 6.45) is -0.225. The zero-order valence-electron chi connectivity index (χ0n) is 17.0. The molecule has 0 atom stereocenters. The van der Waals surface area contributed by atoms with Crippen LogP contribution < -0.4 is 0 Å². The minimum Gasteiger partial charge on any atom is -0.469 e. The molecule has 0 aliphatic heterocycles. The van der Waals surface area contributed by atoms with Gasteiger partial charge in [-0.3, -0.25) is 9.59 Å².